The second-order valence-electron chi connectivity index (χ2n) is 2.21. The van der Waals surface area contributed by atoms with E-state index in [2.05, 4.69) is 5.32 Å². The average Bonchev–Trinajstić information content (AvgIpc) is 2.14. The molecule has 0 aliphatic carbocycles. The van der Waals surface area contributed by atoms with Gasteiger partial charge in [-0.05, 0) is 6.92 Å². The van der Waals surface area contributed by atoms with Gasteiger partial charge >= 0.3 is 5.97 Å². The zero-order valence-corrected chi connectivity index (χ0v) is 5.22. The number of hydrogen-bond donors (Lipinski definition) is 2. The molecule has 0 aromatic rings. The largest absolute Gasteiger partial charge is 0.480 e. The molecule has 1 atom stereocenters. The van der Waals surface area contributed by atoms with Gasteiger partial charge in [0.15, 0.2) is 0 Å². The van der Waals surface area contributed by atoms with Crippen molar-refractivity contribution in [3.63, 3.8) is 0 Å². The Morgan fingerprint density at radius 1 is 2.00 bits per heavy atom. The van der Waals surface area contributed by atoms with Gasteiger partial charge in [0, 0.05) is 6.54 Å². The maximum absolute atomic E-state index is 10.2. The molecule has 3 heteroatoms. The molecule has 0 radical (unpaired) electrons. The maximum Gasteiger partial charge on any atom is 0.324 e. The molecule has 0 bridgehead atoms. The second-order valence-corrected chi connectivity index (χ2v) is 2.21. The Morgan fingerprint density at radius 2 is 2.67 bits per heavy atom. The molecule has 0 aromatic heterocycles. The highest BCUT2D eigenvalue weighted by Crippen LogP contribution is 2.02. The van der Waals surface area contributed by atoms with E-state index in [1.165, 1.54) is 0 Å². The van der Waals surface area contributed by atoms with Gasteiger partial charge in [0.2, 0.25) is 0 Å². The molecule has 3 nitrogen and oxygen atoms in total. The first-order valence-electron chi connectivity index (χ1n) is 2.83. The highest BCUT2D eigenvalue weighted by molar-refractivity contribution is 5.76. The van der Waals surface area contributed by atoms with Gasteiger partial charge in [-0.3, -0.25) is 10.1 Å². The molecule has 0 aromatic carbocycles. The Labute approximate surface area is 53.4 Å². The zero-order valence-electron chi connectivity index (χ0n) is 5.22. The number of carbonyl (C=O) groups is 1. The Morgan fingerprint density at radius 3 is 2.89 bits per heavy atom. The Balaban J connectivity index is 2.57. The predicted molar refractivity (Wildman–Crippen MR) is 33.2 cm³/mol. The summed E-state index contributed by atoms with van der Waals surface area (Å²) in [4.78, 5) is 10.2. The smallest absolute Gasteiger partial charge is 0.324 e. The minimum Gasteiger partial charge on any atom is -0.480 e. The fraction of sp³-hybridized carbons (Fsp3) is 0.500. The minimum atomic E-state index is -0.799. The van der Waals surface area contributed by atoms with Crippen LogP contribution in [0.4, 0.5) is 0 Å². The molecule has 1 unspecified atom stereocenters. The summed E-state index contributed by atoms with van der Waals surface area (Å²) in [6.45, 7) is 2.62. The van der Waals surface area contributed by atoms with Crippen LogP contribution in [0.1, 0.15) is 6.92 Å². The van der Waals surface area contributed by atoms with Crippen LogP contribution in [0.25, 0.3) is 0 Å². The van der Waals surface area contributed by atoms with Gasteiger partial charge in [-0.2, -0.15) is 0 Å². The van der Waals surface area contributed by atoms with Crippen molar-refractivity contribution in [1.82, 2.24) is 5.32 Å². The van der Waals surface area contributed by atoms with E-state index in [9.17, 15) is 4.79 Å². The first-order chi connectivity index (χ1) is 4.20. The van der Waals surface area contributed by atoms with E-state index in [-0.39, 0.29) is 0 Å². The topological polar surface area (TPSA) is 49.3 Å². The molecule has 1 aliphatic rings. The van der Waals surface area contributed by atoms with Gasteiger partial charge in [0.1, 0.15) is 6.04 Å². The molecular weight excluding hydrogens is 118 g/mol. The van der Waals surface area contributed by atoms with Crippen LogP contribution >= 0.6 is 0 Å². The van der Waals surface area contributed by atoms with Gasteiger partial charge in [0.25, 0.3) is 0 Å². The first kappa shape index (κ1) is 6.29. The fourth-order valence-corrected chi connectivity index (χ4v) is 0.832. The third-order valence-electron chi connectivity index (χ3n) is 1.32. The molecule has 50 valence electrons. The highest BCUT2D eigenvalue weighted by Gasteiger charge is 2.18. The summed E-state index contributed by atoms with van der Waals surface area (Å²) in [5.74, 6) is -0.799. The SMILES string of the molecule is CC1=CC(C(=O)O)NC1. The third-order valence-corrected chi connectivity index (χ3v) is 1.32. The standard InChI is InChI=1S/C6H9NO2/c1-4-2-5(6(8)9)7-3-4/h2,5,7H,3H2,1H3,(H,8,9). The van der Waals surface area contributed by atoms with Crippen LogP contribution < -0.4 is 5.32 Å². The van der Waals surface area contributed by atoms with Gasteiger partial charge in [-0.25, -0.2) is 0 Å². The normalized spacial score (nSPS) is 25.9. The van der Waals surface area contributed by atoms with Crippen molar-refractivity contribution in [3.8, 4) is 0 Å². The fourth-order valence-electron chi connectivity index (χ4n) is 0.832. The van der Waals surface area contributed by atoms with Crippen molar-refractivity contribution in [2.45, 2.75) is 13.0 Å². The zero-order chi connectivity index (χ0) is 6.85. The number of carboxylic acids is 1. The van der Waals surface area contributed by atoms with Crippen LogP contribution in [0.5, 0.6) is 0 Å². The maximum atomic E-state index is 10.2. The first-order valence-corrected chi connectivity index (χ1v) is 2.83. The summed E-state index contributed by atoms with van der Waals surface area (Å²) in [5, 5.41) is 11.2. The van der Waals surface area contributed by atoms with E-state index in [1.54, 1.807) is 6.08 Å². The van der Waals surface area contributed by atoms with Crippen LogP contribution in [-0.2, 0) is 4.79 Å². The van der Waals surface area contributed by atoms with Crippen LogP contribution in [0, 0.1) is 0 Å². The molecule has 0 fully saturated rings. The van der Waals surface area contributed by atoms with Crippen LogP contribution in [0.2, 0.25) is 0 Å². The third kappa shape index (κ3) is 1.29. The van der Waals surface area contributed by atoms with Crippen molar-refractivity contribution in [1.29, 1.82) is 0 Å². The van der Waals surface area contributed by atoms with E-state index >= 15 is 0 Å². The highest BCUT2D eigenvalue weighted by atomic mass is 16.4. The van der Waals surface area contributed by atoms with Gasteiger partial charge in [-0.15, -0.1) is 0 Å². The number of nitrogens with one attached hydrogen (secondary N) is 1. The molecule has 0 spiro atoms. The summed E-state index contributed by atoms with van der Waals surface area (Å²) < 4.78 is 0. The molecule has 9 heavy (non-hydrogen) atoms. The van der Waals surface area contributed by atoms with Crippen LogP contribution in [0.15, 0.2) is 11.6 Å². The quantitative estimate of drug-likeness (QED) is 0.487. The minimum absolute atomic E-state index is 0.454. The van der Waals surface area contributed by atoms with Gasteiger partial charge in [-0.1, -0.05) is 11.6 Å². The molecule has 1 aliphatic heterocycles. The summed E-state index contributed by atoms with van der Waals surface area (Å²) in [7, 11) is 0. The summed E-state index contributed by atoms with van der Waals surface area (Å²) in [5.41, 5.74) is 1.10. The van der Waals surface area contributed by atoms with E-state index in [0.29, 0.717) is 6.54 Å². The van der Waals surface area contributed by atoms with Crippen LogP contribution in [-0.4, -0.2) is 23.7 Å². The number of carboxylic acid groups (broad SMARTS) is 1. The number of aliphatic carboxylic acids is 1. The summed E-state index contributed by atoms with van der Waals surface area (Å²) in [6.07, 6.45) is 1.72. The predicted octanol–water partition coefficient (Wildman–Crippen LogP) is -0.0109. The lowest BCUT2D eigenvalue weighted by atomic mass is 10.3. The number of rotatable bonds is 1. The average molecular weight is 127 g/mol. The van der Waals surface area contributed by atoms with E-state index in [0.717, 1.165) is 5.57 Å². The van der Waals surface area contributed by atoms with Crippen molar-refractivity contribution < 1.29 is 9.90 Å². The van der Waals surface area contributed by atoms with Crippen molar-refractivity contribution >= 4 is 5.97 Å². The lowest BCUT2D eigenvalue weighted by Gasteiger charge is -1.98. The lowest BCUT2D eigenvalue weighted by Crippen LogP contribution is -2.30. The molecule has 1 heterocycles. The Hall–Kier alpha value is -0.830. The molecule has 2 N–H and O–H groups in total. The number of hydrogen-bond acceptors (Lipinski definition) is 2. The monoisotopic (exact) mass is 127 g/mol. The summed E-state index contributed by atoms with van der Waals surface area (Å²) >= 11 is 0. The summed E-state index contributed by atoms with van der Waals surface area (Å²) in [6, 6.07) is -0.454. The molecule has 0 saturated heterocycles. The second kappa shape index (κ2) is 2.19. The molecular formula is C6H9NO2. The van der Waals surface area contributed by atoms with Gasteiger partial charge in [0.05, 0.1) is 0 Å². The van der Waals surface area contributed by atoms with E-state index < -0.39 is 12.0 Å². The molecule has 0 saturated carbocycles. The Bertz CT molecular complexity index is 162. The van der Waals surface area contributed by atoms with E-state index in [4.69, 9.17) is 5.11 Å². The van der Waals surface area contributed by atoms with E-state index in [1.807, 2.05) is 6.92 Å². The van der Waals surface area contributed by atoms with Crippen LogP contribution in [0.3, 0.4) is 0 Å². The van der Waals surface area contributed by atoms with Crippen molar-refractivity contribution in [2.24, 2.45) is 0 Å². The lowest BCUT2D eigenvalue weighted by molar-refractivity contribution is -0.137. The van der Waals surface area contributed by atoms with Crippen molar-refractivity contribution in [2.75, 3.05) is 6.54 Å². The Kier molecular flexibility index (Phi) is 1.53. The molecule has 0 amide bonds. The van der Waals surface area contributed by atoms with Gasteiger partial charge < -0.3 is 5.11 Å². The molecule has 1 rings (SSSR count). The van der Waals surface area contributed by atoms with Crippen molar-refractivity contribution in [3.05, 3.63) is 11.6 Å².